The van der Waals surface area contributed by atoms with E-state index in [1.54, 1.807) is 26.5 Å². The fourth-order valence-electron chi connectivity index (χ4n) is 2.08. The van der Waals surface area contributed by atoms with Crippen molar-refractivity contribution in [3.63, 3.8) is 0 Å². The topological polar surface area (TPSA) is 51.0 Å². The van der Waals surface area contributed by atoms with Crippen molar-refractivity contribution in [3.8, 4) is 17.2 Å². The monoisotopic (exact) mass is 441 g/mol. The molecule has 1 N–H and O–H groups in total. The number of aliphatic imine (C=N–C) groups is 1. The van der Waals surface area contributed by atoms with Gasteiger partial charge in [-0.25, -0.2) is 0 Å². The summed E-state index contributed by atoms with van der Waals surface area (Å²) in [6.07, 6.45) is 2.44. The van der Waals surface area contributed by atoms with Crippen molar-refractivity contribution in [2.75, 3.05) is 20.8 Å². The molecular formula is C17H17Br2NO3. The number of phenols is 1. The Kier molecular flexibility index (Phi) is 6.47. The molecule has 0 saturated carbocycles. The Balaban J connectivity index is 2.02. The molecule has 23 heavy (non-hydrogen) atoms. The van der Waals surface area contributed by atoms with Gasteiger partial charge in [-0.2, -0.15) is 0 Å². The predicted octanol–water partition coefficient (Wildman–Crippen LogP) is 4.60. The first-order valence-corrected chi connectivity index (χ1v) is 8.52. The number of phenolic OH excluding ortho intramolecular Hbond substituents is 1. The summed E-state index contributed by atoms with van der Waals surface area (Å²) in [5, 5.41) is 9.97. The molecule has 0 spiro atoms. The molecule has 0 aliphatic carbocycles. The first-order chi connectivity index (χ1) is 11.0. The Bertz CT molecular complexity index is 717. The van der Waals surface area contributed by atoms with Crippen LogP contribution >= 0.6 is 31.9 Å². The summed E-state index contributed by atoms with van der Waals surface area (Å²) < 4.78 is 12.0. The highest BCUT2D eigenvalue weighted by Crippen LogP contribution is 2.30. The minimum absolute atomic E-state index is 0.183. The van der Waals surface area contributed by atoms with Gasteiger partial charge in [-0.05, 0) is 52.2 Å². The SMILES string of the molecule is COc1ccc(CCN=Cc2cc(Br)cc(Br)c2O)cc1OC. The van der Waals surface area contributed by atoms with E-state index < -0.39 is 0 Å². The van der Waals surface area contributed by atoms with Gasteiger partial charge in [-0.15, -0.1) is 0 Å². The van der Waals surface area contributed by atoms with E-state index in [0.717, 1.165) is 16.5 Å². The highest BCUT2D eigenvalue weighted by molar-refractivity contribution is 9.11. The summed E-state index contributed by atoms with van der Waals surface area (Å²) in [5.74, 6) is 1.61. The van der Waals surface area contributed by atoms with Crippen molar-refractivity contribution in [3.05, 3.63) is 50.4 Å². The maximum Gasteiger partial charge on any atom is 0.160 e. The Labute approximate surface area is 152 Å². The zero-order chi connectivity index (χ0) is 16.8. The molecule has 6 heteroatoms. The Hall–Kier alpha value is -1.53. The van der Waals surface area contributed by atoms with Gasteiger partial charge in [0.1, 0.15) is 5.75 Å². The molecule has 0 saturated heterocycles. The molecule has 0 aliphatic rings. The lowest BCUT2D eigenvalue weighted by molar-refractivity contribution is 0.354. The van der Waals surface area contributed by atoms with Crippen LogP contribution in [0.2, 0.25) is 0 Å². The lowest BCUT2D eigenvalue weighted by atomic mass is 10.1. The second kappa shape index (κ2) is 8.36. The van der Waals surface area contributed by atoms with E-state index in [2.05, 4.69) is 36.9 Å². The van der Waals surface area contributed by atoms with Crippen molar-refractivity contribution >= 4 is 38.1 Å². The number of benzene rings is 2. The zero-order valence-electron chi connectivity index (χ0n) is 12.8. The van der Waals surface area contributed by atoms with Crippen LogP contribution in [0.1, 0.15) is 11.1 Å². The van der Waals surface area contributed by atoms with Crippen molar-refractivity contribution in [1.82, 2.24) is 0 Å². The molecule has 2 aromatic carbocycles. The minimum Gasteiger partial charge on any atom is -0.506 e. The molecule has 0 atom stereocenters. The van der Waals surface area contributed by atoms with Gasteiger partial charge in [0.15, 0.2) is 11.5 Å². The number of halogens is 2. The summed E-state index contributed by atoms with van der Waals surface area (Å²) in [4.78, 5) is 4.38. The molecule has 4 nitrogen and oxygen atoms in total. The number of nitrogens with zero attached hydrogens (tertiary/aromatic N) is 1. The van der Waals surface area contributed by atoms with Gasteiger partial charge in [0.25, 0.3) is 0 Å². The van der Waals surface area contributed by atoms with Crippen molar-refractivity contribution in [2.24, 2.45) is 4.99 Å². The molecular weight excluding hydrogens is 426 g/mol. The van der Waals surface area contributed by atoms with E-state index in [4.69, 9.17) is 9.47 Å². The van der Waals surface area contributed by atoms with Gasteiger partial charge in [0.05, 0.1) is 18.7 Å². The predicted molar refractivity (Wildman–Crippen MR) is 99.2 cm³/mol. The number of hydrogen-bond acceptors (Lipinski definition) is 4. The number of rotatable bonds is 6. The molecule has 122 valence electrons. The average molecular weight is 443 g/mol. The van der Waals surface area contributed by atoms with Gasteiger partial charge in [0, 0.05) is 22.8 Å². The van der Waals surface area contributed by atoms with Crippen LogP contribution in [-0.2, 0) is 6.42 Å². The summed E-state index contributed by atoms with van der Waals surface area (Å²) in [7, 11) is 3.23. The summed E-state index contributed by atoms with van der Waals surface area (Å²) >= 11 is 6.70. The molecule has 0 amide bonds. The van der Waals surface area contributed by atoms with E-state index in [9.17, 15) is 5.11 Å². The Morgan fingerprint density at radius 2 is 1.83 bits per heavy atom. The lowest BCUT2D eigenvalue weighted by Crippen LogP contribution is -1.95. The van der Waals surface area contributed by atoms with Crippen LogP contribution in [-0.4, -0.2) is 32.1 Å². The number of methoxy groups -OCH3 is 2. The third-order valence-corrected chi connectivity index (χ3v) is 4.33. The van der Waals surface area contributed by atoms with Gasteiger partial charge >= 0.3 is 0 Å². The van der Waals surface area contributed by atoms with Crippen LogP contribution in [0.5, 0.6) is 17.2 Å². The van der Waals surface area contributed by atoms with Crippen LogP contribution < -0.4 is 9.47 Å². The largest absolute Gasteiger partial charge is 0.506 e. The standard InChI is InChI=1S/C17H17Br2NO3/c1-22-15-4-3-11(7-16(15)23-2)5-6-20-10-12-8-13(18)9-14(19)17(12)21/h3-4,7-10,21H,5-6H2,1-2H3. The third-order valence-electron chi connectivity index (χ3n) is 3.27. The number of ether oxygens (including phenoxy) is 2. The molecule has 0 radical (unpaired) electrons. The fourth-order valence-corrected chi connectivity index (χ4v) is 3.34. The van der Waals surface area contributed by atoms with Crippen LogP contribution in [0.3, 0.4) is 0 Å². The van der Waals surface area contributed by atoms with Crippen LogP contribution in [0.4, 0.5) is 0 Å². The number of aromatic hydroxyl groups is 1. The fraction of sp³-hybridized carbons (Fsp3) is 0.235. The molecule has 0 fully saturated rings. The number of hydrogen-bond donors (Lipinski definition) is 1. The maximum atomic E-state index is 9.97. The maximum absolute atomic E-state index is 9.97. The molecule has 0 aliphatic heterocycles. The van der Waals surface area contributed by atoms with Crippen molar-refractivity contribution in [2.45, 2.75) is 6.42 Å². The first kappa shape index (κ1) is 17.8. The zero-order valence-corrected chi connectivity index (χ0v) is 16.0. The normalized spacial score (nSPS) is 11.0. The van der Waals surface area contributed by atoms with E-state index in [0.29, 0.717) is 28.1 Å². The van der Waals surface area contributed by atoms with Crippen molar-refractivity contribution in [1.29, 1.82) is 0 Å². The van der Waals surface area contributed by atoms with Gasteiger partial charge in [-0.3, -0.25) is 4.99 Å². The van der Waals surface area contributed by atoms with Crippen LogP contribution in [0.25, 0.3) is 0 Å². The Morgan fingerprint density at radius 3 is 2.52 bits per heavy atom. The smallest absolute Gasteiger partial charge is 0.160 e. The van der Waals surface area contributed by atoms with E-state index >= 15 is 0 Å². The highest BCUT2D eigenvalue weighted by atomic mass is 79.9. The molecule has 2 aromatic rings. The first-order valence-electron chi connectivity index (χ1n) is 6.94. The quantitative estimate of drug-likeness (QED) is 0.665. The van der Waals surface area contributed by atoms with E-state index in [-0.39, 0.29) is 5.75 Å². The van der Waals surface area contributed by atoms with Crippen molar-refractivity contribution < 1.29 is 14.6 Å². The van der Waals surface area contributed by atoms with Gasteiger partial charge < -0.3 is 14.6 Å². The molecule has 2 rings (SSSR count). The Morgan fingerprint density at radius 1 is 1.09 bits per heavy atom. The van der Waals surface area contributed by atoms with Crippen LogP contribution in [0.15, 0.2) is 44.3 Å². The average Bonchev–Trinajstić information content (AvgIpc) is 2.55. The van der Waals surface area contributed by atoms with Crippen LogP contribution in [0, 0.1) is 0 Å². The molecule has 0 aromatic heterocycles. The molecule has 0 heterocycles. The van der Waals surface area contributed by atoms with E-state index in [1.165, 1.54) is 0 Å². The van der Waals surface area contributed by atoms with Gasteiger partial charge in [0.2, 0.25) is 0 Å². The molecule has 0 unspecified atom stereocenters. The van der Waals surface area contributed by atoms with Gasteiger partial charge in [-0.1, -0.05) is 22.0 Å². The second-order valence-corrected chi connectivity index (χ2v) is 6.57. The summed E-state index contributed by atoms with van der Waals surface area (Å²) in [5.41, 5.74) is 1.78. The lowest BCUT2D eigenvalue weighted by Gasteiger charge is -2.08. The van der Waals surface area contributed by atoms with E-state index in [1.807, 2.05) is 24.3 Å². The minimum atomic E-state index is 0.183. The summed E-state index contributed by atoms with van der Waals surface area (Å²) in [6.45, 7) is 0.610. The second-order valence-electron chi connectivity index (χ2n) is 4.80. The third kappa shape index (κ3) is 4.72. The summed E-state index contributed by atoms with van der Waals surface area (Å²) in [6, 6.07) is 9.43. The highest BCUT2D eigenvalue weighted by Gasteiger charge is 2.06. The molecule has 0 bridgehead atoms.